The molecule has 0 aromatic heterocycles. The molecule has 0 saturated carbocycles. The third-order valence-corrected chi connectivity index (χ3v) is 5.64. The zero-order valence-electron chi connectivity index (χ0n) is 12.0. The maximum absolute atomic E-state index is 6.19. The van der Waals surface area contributed by atoms with E-state index in [1.165, 1.54) is 27.3 Å². The smallest absolute Gasteiger partial charge is 0.0533 e. The maximum atomic E-state index is 6.19. The Balaban J connectivity index is 1.96. The molecular formula is C17H17BrClNS. The minimum Gasteiger partial charge on any atom is -0.378 e. The second-order valence-corrected chi connectivity index (χ2v) is 7.92. The minimum atomic E-state index is 0.332. The third kappa shape index (κ3) is 3.25. The first-order valence-corrected chi connectivity index (χ1v) is 9.16. The van der Waals surface area contributed by atoms with Crippen molar-refractivity contribution >= 4 is 45.0 Å². The van der Waals surface area contributed by atoms with E-state index in [1.807, 2.05) is 17.8 Å². The van der Waals surface area contributed by atoms with Gasteiger partial charge in [-0.15, -0.1) is 11.8 Å². The summed E-state index contributed by atoms with van der Waals surface area (Å²) in [4.78, 5) is 1.34. The fourth-order valence-corrected chi connectivity index (χ4v) is 4.80. The molecule has 0 spiro atoms. The average molecular weight is 383 g/mol. The lowest BCUT2D eigenvalue weighted by atomic mass is 10.0. The Morgan fingerprint density at radius 2 is 1.90 bits per heavy atom. The molecule has 21 heavy (non-hydrogen) atoms. The first-order valence-electron chi connectivity index (χ1n) is 7.00. The monoisotopic (exact) mass is 381 g/mol. The fourth-order valence-electron chi connectivity index (χ4n) is 2.83. The number of hydrogen-bond acceptors (Lipinski definition) is 2. The number of halogens is 2. The molecule has 0 radical (unpaired) electrons. The van der Waals surface area contributed by atoms with E-state index < -0.39 is 0 Å². The lowest BCUT2D eigenvalue weighted by Crippen LogP contribution is -2.17. The van der Waals surface area contributed by atoms with Crippen LogP contribution in [-0.2, 0) is 0 Å². The first-order chi connectivity index (χ1) is 10.0. The Morgan fingerprint density at radius 3 is 2.62 bits per heavy atom. The fraction of sp³-hybridized carbons (Fsp3) is 0.294. The van der Waals surface area contributed by atoms with Crippen LogP contribution in [0.3, 0.4) is 0 Å². The molecule has 1 aliphatic rings. The number of thioether (sulfide) groups is 1. The van der Waals surface area contributed by atoms with Gasteiger partial charge < -0.3 is 5.32 Å². The Kier molecular flexibility index (Phi) is 4.53. The number of fused-ring (bicyclic) bond motifs is 1. The van der Waals surface area contributed by atoms with Crippen molar-refractivity contribution in [2.45, 2.75) is 31.2 Å². The standard InChI is InChI=1S/C17H17BrClNS/c1-10-7-12(18)8-11(2)17(10)20-15-5-6-21-16-4-3-13(19)9-14(15)16/h3-4,7-9,15,20H,5-6H2,1-2H3. The van der Waals surface area contributed by atoms with Gasteiger partial charge in [0.1, 0.15) is 0 Å². The van der Waals surface area contributed by atoms with Crippen molar-refractivity contribution < 1.29 is 0 Å². The predicted molar refractivity (Wildman–Crippen MR) is 96.8 cm³/mol. The van der Waals surface area contributed by atoms with Gasteiger partial charge in [0.2, 0.25) is 0 Å². The van der Waals surface area contributed by atoms with E-state index in [2.05, 4.69) is 59.4 Å². The summed E-state index contributed by atoms with van der Waals surface area (Å²) in [6, 6.07) is 10.9. The molecule has 0 saturated heterocycles. The van der Waals surface area contributed by atoms with Crippen molar-refractivity contribution in [3.63, 3.8) is 0 Å². The summed E-state index contributed by atoms with van der Waals surface area (Å²) in [5.41, 5.74) is 5.09. The highest BCUT2D eigenvalue weighted by atomic mass is 79.9. The van der Waals surface area contributed by atoms with Crippen LogP contribution in [0, 0.1) is 13.8 Å². The first kappa shape index (κ1) is 15.3. The molecular weight excluding hydrogens is 366 g/mol. The maximum Gasteiger partial charge on any atom is 0.0533 e. The second kappa shape index (κ2) is 6.23. The highest BCUT2D eigenvalue weighted by Crippen LogP contribution is 2.40. The van der Waals surface area contributed by atoms with Crippen LogP contribution in [0.1, 0.15) is 29.2 Å². The lowest BCUT2D eigenvalue weighted by Gasteiger charge is -2.28. The Bertz CT molecular complexity index is 663. The van der Waals surface area contributed by atoms with Crippen LogP contribution < -0.4 is 5.32 Å². The van der Waals surface area contributed by atoms with E-state index >= 15 is 0 Å². The van der Waals surface area contributed by atoms with Crippen LogP contribution >= 0.6 is 39.3 Å². The van der Waals surface area contributed by atoms with Gasteiger partial charge >= 0.3 is 0 Å². The summed E-state index contributed by atoms with van der Waals surface area (Å²) < 4.78 is 1.13. The topological polar surface area (TPSA) is 12.0 Å². The molecule has 1 N–H and O–H groups in total. The zero-order chi connectivity index (χ0) is 15.0. The molecule has 0 aliphatic carbocycles. The molecule has 3 rings (SSSR count). The Labute approximate surface area is 143 Å². The summed E-state index contributed by atoms with van der Waals surface area (Å²) in [5, 5.41) is 4.55. The van der Waals surface area contributed by atoms with Crippen LogP contribution in [0.25, 0.3) is 0 Å². The molecule has 110 valence electrons. The minimum absolute atomic E-state index is 0.332. The largest absolute Gasteiger partial charge is 0.378 e. The SMILES string of the molecule is Cc1cc(Br)cc(C)c1NC1CCSc2ccc(Cl)cc21. The van der Waals surface area contributed by atoms with Gasteiger partial charge in [0, 0.05) is 25.8 Å². The number of rotatable bonds is 2. The highest BCUT2D eigenvalue weighted by Gasteiger charge is 2.22. The van der Waals surface area contributed by atoms with E-state index in [-0.39, 0.29) is 0 Å². The van der Waals surface area contributed by atoms with E-state index in [1.54, 1.807) is 0 Å². The van der Waals surface area contributed by atoms with Crippen molar-refractivity contribution in [1.29, 1.82) is 0 Å². The van der Waals surface area contributed by atoms with Crippen LogP contribution in [0.15, 0.2) is 39.7 Å². The van der Waals surface area contributed by atoms with Gasteiger partial charge in [0.05, 0.1) is 6.04 Å². The number of hydrogen-bond donors (Lipinski definition) is 1. The van der Waals surface area contributed by atoms with Gasteiger partial charge in [-0.05, 0) is 67.3 Å². The summed E-state index contributed by atoms with van der Waals surface area (Å²) >= 11 is 11.7. The normalized spacial score (nSPS) is 17.4. The van der Waals surface area contributed by atoms with Crippen LogP contribution in [-0.4, -0.2) is 5.75 Å². The summed E-state index contributed by atoms with van der Waals surface area (Å²) in [6.45, 7) is 4.30. The number of nitrogens with one attached hydrogen (secondary N) is 1. The van der Waals surface area contributed by atoms with E-state index in [0.717, 1.165) is 21.7 Å². The van der Waals surface area contributed by atoms with Crippen LogP contribution in [0.4, 0.5) is 5.69 Å². The van der Waals surface area contributed by atoms with E-state index in [4.69, 9.17) is 11.6 Å². The quantitative estimate of drug-likeness (QED) is 0.647. The molecule has 1 aliphatic heterocycles. The van der Waals surface area contributed by atoms with Crippen LogP contribution in [0.5, 0.6) is 0 Å². The van der Waals surface area contributed by atoms with Crippen molar-refractivity contribution in [2.24, 2.45) is 0 Å². The third-order valence-electron chi connectivity index (χ3n) is 3.83. The van der Waals surface area contributed by atoms with Crippen molar-refractivity contribution in [3.8, 4) is 0 Å². The van der Waals surface area contributed by atoms with Crippen molar-refractivity contribution in [1.82, 2.24) is 0 Å². The van der Waals surface area contributed by atoms with Gasteiger partial charge in [-0.1, -0.05) is 27.5 Å². The summed E-state index contributed by atoms with van der Waals surface area (Å²) in [7, 11) is 0. The molecule has 1 heterocycles. The summed E-state index contributed by atoms with van der Waals surface area (Å²) in [5.74, 6) is 1.14. The molecule has 1 atom stereocenters. The molecule has 0 fully saturated rings. The zero-order valence-corrected chi connectivity index (χ0v) is 15.2. The predicted octanol–water partition coefficient (Wildman–Crippen LogP) is 6.37. The lowest BCUT2D eigenvalue weighted by molar-refractivity contribution is 0.727. The van der Waals surface area contributed by atoms with Crippen molar-refractivity contribution in [2.75, 3.05) is 11.1 Å². The molecule has 1 unspecified atom stereocenters. The number of benzene rings is 2. The average Bonchev–Trinajstić information content (AvgIpc) is 2.43. The van der Waals surface area contributed by atoms with E-state index in [9.17, 15) is 0 Å². The second-order valence-electron chi connectivity index (χ2n) is 5.43. The summed E-state index contributed by atoms with van der Waals surface area (Å²) in [6.07, 6.45) is 1.12. The molecule has 1 nitrogen and oxygen atoms in total. The number of aryl methyl sites for hydroxylation is 2. The van der Waals surface area contributed by atoms with Crippen molar-refractivity contribution in [3.05, 3.63) is 56.5 Å². The van der Waals surface area contributed by atoms with Gasteiger partial charge in [-0.2, -0.15) is 0 Å². The van der Waals surface area contributed by atoms with Gasteiger partial charge in [-0.3, -0.25) is 0 Å². The Hall–Kier alpha value is -0.640. The molecule has 2 aromatic carbocycles. The molecule has 0 bridgehead atoms. The van der Waals surface area contributed by atoms with E-state index in [0.29, 0.717) is 6.04 Å². The molecule has 0 amide bonds. The van der Waals surface area contributed by atoms with Gasteiger partial charge in [0.15, 0.2) is 0 Å². The van der Waals surface area contributed by atoms with Gasteiger partial charge in [0.25, 0.3) is 0 Å². The Morgan fingerprint density at radius 1 is 1.19 bits per heavy atom. The van der Waals surface area contributed by atoms with Gasteiger partial charge in [-0.25, -0.2) is 0 Å². The molecule has 2 aromatic rings. The highest BCUT2D eigenvalue weighted by molar-refractivity contribution is 9.10. The number of anilines is 1. The van der Waals surface area contributed by atoms with Crippen LogP contribution in [0.2, 0.25) is 5.02 Å². The molecule has 4 heteroatoms.